The molecule has 0 unspecified atom stereocenters. The molecule has 2 heteroatoms. The van der Waals surface area contributed by atoms with E-state index >= 15 is 0 Å². The predicted octanol–water partition coefficient (Wildman–Crippen LogP) is 0.0905. The SMILES string of the molecule is O=C/C=C\[CH]=[Ni]. The molecule has 0 N–H and O–H groups in total. The Labute approximate surface area is 44.0 Å². The van der Waals surface area contributed by atoms with Gasteiger partial charge in [0.15, 0.2) is 0 Å². The number of allylic oxidation sites excluding steroid dienone is 2. The van der Waals surface area contributed by atoms with Crippen molar-refractivity contribution in [3.63, 3.8) is 0 Å². The summed E-state index contributed by atoms with van der Waals surface area (Å²) in [4.78, 5) is 10.8. The monoisotopic (exact) mass is 126 g/mol. The molecule has 0 aromatic carbocycles. The summed E-state index contributed by atoms with van der Waals surface area (Å²) in [5.41, 5.74) is 0. The summed E-state index contributed by atoms with van der Waals surface area (Å²) >= 11 is 4.10. The van der Waals surface area contributed by atoms with Gasteiger partial charge in [-0.2, -0.15) is 0 Å². The van der Waals surface area contributed by atoms with Crippen LogP contribution in [0.1, 0.15) is 0 Å². The predicted molar refractivity (Wildman–Crippen MR) is 21.3 cm³/mol. The van der Waals surface area contributed by atoms with Gasteiger partial charge in [0.25, 0.3) is 0 Å². The van der Waals surface area contributed by atoms with Crippen LogP contribution < -0.4 is 0 Å². The molecular formula is C4H4NiO. The van der Waals surface area contributed by atoms with Crippen LogP contribution in [-0.4, -0.2) is 11.3 Å². The van der Waals surface area contributed by atoms with Gasteiger partial charge in [0.05, 0.1) is 0 Å². The molecule has 0 bridgehead atoms. The summed E-state index contributed by atoms with van der Waals surface area (Å²) in [5.74, 6) is 0. The molecule has 1 nitrogen and oxygen atoms in total. The van der Waals surface area contributed by atoms with E-state index in [4.69, 9.17) is 0 Å². The number of rotatable bonds is 2. The third-order valence-electron chi connectivity index (χ3n) is 0.251. The molecule has 0 aromatic heterocycles. The van der Waals surface area contributed by atoms with Crippen LogP contribution in [-0.2, 0) is 19.8 Å². The van der Waals surface area contributed by atoms with E-state index in [-0.39, 0.29) is 0 Å². The van der Waals surface area contributed by atoms with E-state index in [2.05, 4.69) is 15.0 Å². The molecule has 0 rings (SSSR count). The first-order chi connectivity index (χ1) is 2.91. The Bertz CT molecular complexity index is 65.6. The number of carbonyl (C=O) groups excluding carboxylic acids is 1. The number of carbonyl (C=O) groups is 1. The molecular weight excluding hydrogens is 123 g/mol. The van der Waals surface area contributed by atoms with Crippen molar-refractivity contribution in [2.24, 2.45) is 0 Å². The van der Waals surface area contributed by atoms with Gasteiger partial charge in [-0.25, -0.2) is 0 Å². The molecule has 0 heterocycles. The van der Waals surface area contributed by atoms with E-state index in [0.717, 1.165) is 0 Å². The fourth-order valence-electron chi connectivity index (χ4n) is 0.0805. The second-order valence-corrected chi connectivity index (χ2v) is 0.956. The normalized spacial score (nSPS) is 9.00. The molecule has 36 valence electrons. The molecule has 0 aliphatic carbocycles. The van der Waals surface area contributed by atoms with Gasteiger partial charge in [-0.3, -0.25) is 0 Å². The van der Waals surface area contributed by atoms with Gasteiger partial charge in [-0.15, -0.1) is 0 Å². The fraction of sp³-hybridized carbons (Fsp3) is 0. The fourth-order valence-corrected chi connectivity index (χ4v) is 0.190. The van der Waals surface area contributed by atoms with Crippen molar-refractivity contribution in [1.82, 2.24) is 0 Å². The molecule has 0 aliphatic heterocycles. The Morgan fingerprint density at radius 1 is 1.33 bits per heavy atom. The maximum absolute atomic E-state index is 9.42. The van der Waals surface area contributed by atoms with Gasteiger partial charge in [0.1, 0.15) is 0 Å². The molecule has 0 spiro atoms. The Morgan fingerprint density at radius 3 is 2.17 bits per heavy atom. The van der Waals surface area contributed by atoms with Crippen LogP contribution in [0, 0.1) is 0 Å². The van der Waals surface area contributed by atoms with Crippen LogP contribution in [0.4, 0.5) is 0 Å². The van der Waals surface area contributed by atoms with Crippen LogP contribution in [0.15, 0.2) is 12.2 Å². The van der Waals surface area contributed by atoms with E-state index in [9.17, 15) is 4.79 Å². The van der Waals surface area contributed by atoms with E-state index in [1.54, 1.807) is 0 Å². The molecule has 0 atom stereocenters. The second kappa shape index (κ2) is 4.77. The Hall–Kier alpha value is -0.226. The van der Waals surface area contributed by atoms with Crippen LogP contribution in [0.3, 0.4) is 0 Å². The zero-order valence-electron chi connectivity index (χ0n) is 3.03. The summed E-state index contributed by atoms with van der Waals surface area (Å²) in [5, 5.41) is 0. The van der Waals surface area contributed by atoms with E-state index < -0.39 is 0 Å². The first-order valence-corrected chi connectivity index (χ1v) is 1.99. The number of hydrogen-bond acceptors (Lipinski definition) is 1. The van der Waals surface area contributed by atoms with Crippen molar-refractivity contribution in [1.29, 1.82) is 0 Å². The van der Waals surface area contributed by atoms with E-state index in [1.807, 2.05) is 0 Å². The maximum atomic E-state index is 9.42. The molecule has 0 radical (unpaired) electrons. The zero-order chi connectivity index (χ0) is 4.83. The molecule has 0 saturated heterocycles. The third kappa shape index (κ3) is 3.77. The number of hydrogen-bond donors (Lipinski definition) is 0. The van der Waals surface area contributed by atoms with Crippen molar-refractivity contribution in [2.45, 2.75) is 0 Å². The van der Waals surface area contributed by atoms with Gasteiger partial charge < -0.3 is 0 Å². The van der Waals surface area contributed by atoms with Gasteiger partial charge in [-0.05, 0) is 0 Å². The molecule has 0 amide bonds. The van der Waals surface area contributed by atoms with Gasteiger partial charge in [0.2, 0.25) is 0 Å². The minimum absolute atomic E-state index is 0.690. The molecule has 0 saturated carbocycles. The van der Waals surface area contributed by atoms with Crippen LogP contribution in [0.25, 0.3) is 0 Å². The summed E-state index contributed by atoms with van der Waals surface area (Å²) in [6.45, 7) is 0. The number of aldehydes is 1. The molecule has 0 aliphatic rings. The van der Waals surface area contributed by atoms with Gasteiger partial charge >= 0.3 is 43.3 Å². The average molecular weight is 127 g/mol. The van der Waals surface area contributed by atoms with E-state index in [0.29, 0.717) is 6.29 Å². The molecule has 6 heavy (non-hydrogen) atoms. The Balaban J connectivity index is 3.17. The standard InChI is InChI=1S/C4H4O.Ni/c1-2-3-4-5;/h1-4H;/b3-2-;. The summed E-state index contributed by atoms with van der Waals surface area (Å²) in [7, 11) is 0. The molecule has 0 fully saturated rings. The third-order valence-corrected chi connectivity index (χ3v) is 0.441. The van der Waals surface area contributed by atoms with Gasteiger partial charge in [-0.1, -0.05) is 0 Å². The van der Waals surface area contributed by atoms with Crippen molar-refractivity contribution < 1.29 is 19.8 Å². The molecule has 0 aromatic rings. The van der Waals surface area contributed by atoms with Crippen molar-refractivity contribution in [3.05, 3.63) is 12.2 Å². The summed E-state index contributed by atoms with van der Waals surface area (Å²) in [6, 6.07) is 0. The quantitative estimate of drug-likeness (QED) is 0.291. The minimum atomic E-state index is 0.690. The zero-order valence-corrected chi connectivity index (χ0v) is 4.02. The summed E-state index contributed by atoms with van der Waals surface area (Å²) in [6.07, 6.45) is 3.56. The van der Waals surface area contributed by atoms with Crippen molar-refractivity contribution >= 4 is 11.3 Å². The van der Waals surface area contributed by atoms with E-state index in [1.165, 1.54) is 17.1 Å². The second-order valence-electron chi connectivity index (χ2n) is 0.626. The van der Waals surface area contributed by atoms with Crippen molar-refractivity contribution in [3.8, 4) is 0 Å². The Morgan fingerprint density at radius 2 is 2.00 bits per heavy atom. The van der Waals surface area contributed by atoms with Crippen LogP contribution in [0.2, 0.25) is 0 Å². The Kier molecular flexibility index (Phi) is 4.59. The van der Waals surface area contributed by atoms with Crippen LogP contribution >= 0.6 is 0 Å². The first kappa shape index (κ1) is 5.77. The topological polar surface area (TPSA) is 17.1 Å². The average Bonchev–Trinajstić information content (AvgIpc) is 1.61. The van der Waals surface area contributed by atoms with Crippen LogP contribution in [0.5, 0.6) is 0 Å². The summed E-state index contributed by atoms with van der Waals surface area (Å²) < 4.78 is 0. The van der Waals surface area contributed by atoms with Crippen molar-refractivity contribution in [2.75, 3.05) is 0 Å². The first-order valence-electron chi connectivity index (χ1n) is 1.42. The van der Waals surface area contributed by atoms with Gasteiger partial charge in [0, 0.05) is 0 Å².